The molecule has 1 amide bonds. The number of anilines is 1. The summed E-state index contributed by atoms with van der Waals surface area (Å²) in [4.78, 5) is 45.5. The largest absolute Gasteiger partial charge is 0.507 e. The van der Waals surface area contributed by atoms with Crippen LogP contribution in [0.4, 0.5) is 5.13 Å². The molecule has 0 radical (unpaired) electrons. The Bertz CT molecular complexity index is 1620. The Labute approximate surface area is 246 Å². The molecular formula is C31H30N2O8S. The number of ether oxygens (including phenoxy) is 4. The zero-order chi connectivity index (χ0) is 30.1. The second-order valence-electron chi connectivity index (χ2n) is 9.77. The molecule has 0 unspecified atom stereocenters. The lowest BCUT2D eigenvalue weighted by Gasteiger charge is -2.24. The summed E-state index contributed by atoms with van der Waals surface area (Å²) >= 11 is 0.928. The molecule has 2 aliphatic heterocycles. The van der Waals surface area contributed by atoms with Gasteiger partial charge in [-0.05, 0) is 62.2 Å². The highest BCUT2D eigenvalue weighted by Gasteiger charge is 2.48. The minimum Gasteiger partial charge on any atom is -0.507 e. The third-order valence-corrected chi connectivity index (χ3v) is 8.05. The fourth-order valence-corrected chi connectivity index (χ4v) is 6.08. The number of Topliss-reactive ketones (excluding diaryl/α,β-unsaturated/α-hetero) is 1. The first kappa shape index (κ1) is 28.9. The number of rotatable bonds is 9. The number of amides is 1. The summed E-state index contributed by atoms with van der Waals surface area (Å²) in [6.45, 7) is 9.63. The summed E-state index contributed by atoms with van der Waals surface area (Å²) in [6, 6.07) is 9.10. The number of aryl methyl sites for hydroxylation is 1. The number of esters is 1. The Morgan fingerprint density at radius 1 is 1.21 bits per heavy atom. The number of nitrogens with zero attached hydrogens (tertiary/aromatic N) is 2. The minimum absolute atomic E-state index is 0.0149. The molecule has 3 heterocycles. The van der Waals surface area contributed by atoms with E-state index in [2.05, 4.69) is 11.6 Å². The molecule has 1 saturated heterocycles. The van der Waals surface area contributed by atoms with Crippen molar-refractivity contribution in [2.45, 2.75) is 39.3 Å². The topological polar surface area (TPSA) is 124 Å². The van der Waals surface area contributed by atoms with Crippen LogP contribution < -0.4 is 19.1 Å². The fraction of sp³-hybridized carbons (Fsp3) is 0.290. The number of hydrogen-bond acceptors (Lipinski definition) is 10. The van der Waals surface area contributed by atoms with E-state index in [1.807, 2.05) is 13.8 Å². The summed E-state index contributed by atoms with van der Waals surface area (Å²) in [7, 11) is 1.25. The van der Waals surface area contributed by atoms with Gasteiger partial charge in [-0.1, -0.05) is 30.1 Å². The Kier molecular flexibility index (Phi) is 8.04. The van der Waals surface area contributed by atoms with Gasteiger partial charge in [-0.15, -0.1) is 0 Å². The summed E-state index contributed by atoms with van der Waals surface area (Å²) in [5.41, 5.74) is 1.95. The SMILES string of the molecule is C=CCOc1ccc([C@H]2/C(=C(\O)c3ccc4c(c3)C[C@@H](C)O4)C(=O)C(=O)N2c2nc(C)c(C(=O)OC)s2)cc1OCC. The normalized spacial score (nSPS) is 18.9. The third-order valence-electron chi connectivity index (χ3n) is 6.92. The molecule has 0 bridgehead atoms. The van der Waals surface area contributed by atoms with E-state index in [-0.39, 0.29) is 34.1 Å². The van der Waals surface area contributed by atoms with Gasteiger partial charge in [0.2, 0.25) is 0 Å². The molecule has 1 N–H and O–H groups in total. The van der Waals surface area contributed by atoms with Crippen molar-refractivity contribution in [1.82, 2.24) is 4.98 Å². The molecule has 0 spiro atoms. The van der Waals surface area contributed by atoms with E-state index in [1.165, 1.54) is 12.0 Å². The van der Waals surface area contributed by atoms with Crippen LogP contribution in [0.2, 0.25) is 0 Å². The van der Waals surface area contributed by atoms with Gasteiger partial charge in [0.05, 0.1) is 31.0 Å². The van der Waals surface area contributed by atoms with Gasteiger partial charge in [0.25, 0.3) is 5.78 Å². The number of benzene rings is 2. The van der Waals surface area contributed by atoms with E-state index in [0.717, 1.165) is 16.9 Å². The van der Waals surface area contributed by atoms with E-state index in [1.54, 1.807) is 49.4 Å². The Hall–Kier alpha value is -4.64. The predicted octanol–water partition coefficient (Wildman–Crippen LogP) is 5.15. The molecule has 2 atom stereocenters. The highest BCUT2D eigenvalue weighted by molar-refractivity contribution is 7.17. The number of aromatic nitrogens is 1. The lowest BCUT2D eigenvalue weighted by molar-refractivity contribution is -0.132. The number of carbonyl (C=O) groups is 3. The lowest BCUT2D eigenvalue weighted by atomic mass is 9.94. The number of aliphatic hydroxyl groups is 1. The molecule has 218 valence electrons. The monoisotopic (exact) mass is 590 g/mol. The summed E-state index contributed by atoms with van der Waals surface area (Å²) < 4.78 is 22.2. The van der Waals surface area contributed by atoms with Crippen LogP contribution >= 0.6 is 11.3 Å². The molecule has 42 heavy (non-hydrogen) atoms. The average molecular weight is 591 g/mol. The molecule has 10 nitrogen and oxygen atoms in total. The van der Waals surface area contributed by atoms with Gasteiger partial charge in [-0.3, -0.25) is 14.5 Å². The molecule has 11 heteroatoms. The van der Waals surface area contributed by atoms with Gasteiger partial charge in [0.1, 0.15) is 29.1 Å². The quantitative estimate of drug-likeness (QED) is 0.118. The lowest BCUT2D eigenvalue weighted by Crippen LogP contribution is -2.29. The van der Waals surface area contributed by atoms with E-state index < -0.39 is 23.7 Å². The number of thiazole rings is 1. The van der Waals surface area contributed by atoms with Crippen molar-refractivity contribution in [3.05, 3.63) is 81.9 Å². The van der Waals surface area contributed by atoms with Crippen molar-refractivity contribution in [1.29, 1.82) is 0 Å². The first-order valence-electron chi connectivity index (χ1n) is 13.4. The zero-order valence-corrected chi connectivity index (χ0v) is 24.4. The van der Waals surface area contributed by atoms with Crippen LogP contribution in [0.1, 0.15) is 51.9 Å². The van der Waals surface area contributed by atoms with Crippen LogP contribution in [0.5, 0.6) is 17.2 Å². The van der Waals surface area contributed by atoms with Crippen molar-refractivity contribution in [2.24, 2.45) is 0 Å². The second kappa shape index (κ2) is 11.7. The summed E-state index contributed by atoms with van der Waals surface area (Å²) in [5, 5.41) is 11.7. The van der Waals surface area contributed by atoms with E-state index in [9.17, 15) is 19.5 Å². The Balaban J connectivity index is 1.70. The van der Waals surface area contributed by atoms with E-state index in [4.69, 9.17) is 18.9 Å². The first-order valence-corrected chi connectivity index (χ1v) is 14.2. The third kappa shape index (κ3) is 5.11. The maximum atomic E-state index is 13.7. The standard InChI is InChI=1S/C31H30N2O8S/c1-6-12-40-22-11-8-18(15-23(22)39-7-2)25-24(26(34)19-9-10-21-20(14-19)13-16(3)41-21)27(35)29(36)33(25)31-32-17(4)28(42-31)30(37)38-5/h6,8-11,14-16,25,34H,1,7,12-13H2,2-5H3/b26-24+/t16-,25+/m1/s1. The molecule has 0 aliphatic carbocycles. The van der Waals surface area contributed by atoms with Crippen molar-refractivity contribution >= 4 is 39.9 Å². The van der Waals surface area contributed by atoms with Crippen LogP contribution in [0.15, 0.2) is 54.6 Å². The van der Waals surface area contributed by atoms with Crippen LogP contribution in [-0.4, -0.2) is 54.2 Å². The van der Waals surface area contributed by atoms with Crippen LogP contribution in [0.3, 0.4) is 0 Å². The minimum atomic E-state index is -1.09. The van der Waals surface area contributed by atoms with Gasteiger partial charge in [0.15, 0.2) is 16.6 Å². The highest BCUT2D eigenvalue weighted by atomic mass is 32.1. The number of carbonyl (C=O) groups excluding carboxylic acids is 3. The maximum Gasteiger partial charge on any atom is 0.350 e. The van der Waals surface area contributed by atoms with Crippen LogP contribution in [0.25, 0.3) is 5.76 Å². The number of aliphatic hydroxyl groups excluding tert-OH is 1. The van der Waals surface area contributed by atoms with Crippen molar-refractivity contribution in [3.8, 4) is 17.2 Å². The average Bonchev–Trinajstić information content (AvgIpc) is 3.63. The molecule has 0 saturated carbocycles. The molecule has 1 aromatic heterocycles. The summed E-state index contributed by atoms with van der Waals surface area (Å²) in [6.07, 6.45) is 2.23. The maximum absolute atomic E-state index is 13.7. The first-order chi connectivity index (χ1) is 20.2. The van der Waals surface area contributed by atoms with Gasteiger partial charge in [-0.2, -0.15) is 0 Å². The molecule has 5 rings (SSSR count). The van der Waals surface area contributed by atoms with Gasteiger partial charge < -0.3 is 24.1 Å². The van der Waals surface area contributed by atoms with E-state index in [0.29, 0.717) is 47.1 Å². The number of methoxy groups -OCH3 is 1. The van der Waals surface area contributed by atoms with Crippen LogP contribution in [-0.2, 0) is 20.7 Å². The van der Waals surface area contributed by atoms with Gasteiger partial charge in [-0.25, -0.2) is 9.78 Å². The molecule has 2 aromatic carbocycles. The van der Waals surface area contributed by atoms with Gasteiger partial charge in [0, 0.05) is 12.0 Å². The molecular weight excluding hydrogens is 560 g/mol. The van der Waals surface area contributed by atoms with Crippen LogP contribution in [0, 0.1) is 6.92 Å². The fourth-order valence-electron chi connectivity index (χ4n) is 5.07. The van der Waals surface area contributed by atoms with Crippen molar-refractivity contribution in [3.63, 3.8) is 0 Å². The highest BCUT2D eigenvalue weighted by Crippen LogP contribution is 2.46. The smallest absolute Gasteiger partial charge is 0.350 e. The number of fused-ring (bicyclic) bond motifs is 1. The Morgan fingerprint density at radius 3 is 2.71 bits per heavy atom. The molecule has 2 aliphatic rings. The van der Waals surface area contributed by atoms with Crippen molar-refractivity contribution in [2.75, 3.05) is 25.2 Å². The molecule has 3 aromatic rings. The van der Waals surface area contributed by atoms with Crippen molar-refractivity contribution < 1.29 is 38.4 Å². The van der Waals surface area contributed by atoms with Gasteiger partial charge >= 0.3 is 11.9 Å². The number of hydrogen-bond donors (Lipinski definition) is 1. The Morgan fingerprint density at radius 2 is 2.00 bits per heavy atom. The summed E-state index contributed by atoms with van der Waals surface area (Å²) in [5.74, 6) is -1.19. The zero-order valence-electron chi connectivity index (χ0n) is 23.6. The predicted molar refractivity (Wildman–Crippen MR) is 157 cm³/mol. The number of ketones is 1. The molecule has 1 fully saturated rings. The second-order valence-corrected chi connectivity index (χ2v) is 10.7. The van der Waals surface area contributed by atoms with E-state index >= 15 is 0 Å².